The molecule has 0 fully saturated rings. The third kappa shape index (κ3) is 4.37. The van der Waals surface area contributed by atoms with Crippen molar-refractivity contribution < 1.29 is 0 Å². The second-order valence-electron chi connectivity index (χ2n) is 7.89. The van der Waals surface area contributed by atoms with Crippen LogP contribution in [-0.4, -0.2) is 30.2 Å². The molecule has 0 atom stereocenters. The van der Waals surface area contributed by atoms with E-state index in [0.29, 0.717) is 18.8 Å². The Morgan fingerprint density at radius 3 is 2.41 bits per heavy atom. The highest BCUT2D eigenvalue weighted by atomic mass is 16.1. The molecule has 2 aromatic carbocycles. The topological polar surface area (TPSA) is 89.4 Å². The molecule has 0 unspecified atom stereocenters. The normalized spacial score (nSPS) is 11.1. The number of nitrogens with one attached hydrogen (secondary N) is 1. The summed E-state index contributed by atoms with van der Waals surface area (Å²) in [7, 11) is 0. The SMILES string of the molecule is CCCCc1nc(C)n(CC)c(=O)c1Cc1ccc(-c2ccccc2-c2nn[nH]n2)cc1. The van der Waals surface area contributed by atoms with Gasteiger partial charge in [-0.2, -0.15) is 5.21 Å². The van der Waals surface area contributed by atoms with Crippen LogP contribution in [0.1, 0.15) is 49.3 Å². The zero-order valence-electron chi connectivity index (χ0n) is 18.8. The van der Waals surface area contributed by atoms with Crippen LogP contribution in [0, 0.1) is 6.92 Å². The number of aryl methyl sites for hydroxylation is 2. The number of hydrogen-bond donors (Lipinski definition) is 1. The van der Waals surface area contributed by atoms with Gasteiger partial charge >= 0.3 is 0 Å². The molecule has 2 aromatic heterocycles. The number of hydrogen-bond acceptors (Lipinski definition) is 5. The second kappa shape index (κ2) is 9.68. The summed E-state index contributed by atoms with van der Waals surface area (Å²) in [5, 5.41) is 14.4. The highest BCUT2D eigenvalue weighted by Gasteiger charge is 2.15. The zero-order chi connectivity index (χ0) is 22.5. The van der Waals surface area contributed by atoms with Crippen LogP contribution >= 0.6 is 0 Å². The Labute approximate surface area is 187 Å². The summed E-state index contributed by atoms with van der Waals surface area (Å²) in [5.41, 5.74) is 5.94. The number of nitrogens with zero attached hydrogens (tertiary/aromatic N) is 5. The molecular formula is C25H28N6O. The standard InChI is InChI=1S/C25H28N6O/c1-4-6-11-23-22(25(32)31(5-2)17(3)26-23)16-18-12-14-19(15-13-18)20-9-7-8-10-21(20)24-27-29-30-28-24/h7-10,12-15H,4-6,11,16H2,1-3H3,(H,27,28,29,30). The first-order chi connectivity index (χ1) is 15.6. The fraction of sp³-hybridized carbons (Fsp3) is 0.320. The maximum atomic E-state index is 13.2. The van der Waals surface area contributed by atoms with Gasteiger partial charge in [-0.3, -0.25) is 9.36 Å². The van der Waals surface area contributed by atoms with Gasteiger partial charge in [0, 0.05) is 24.1 Å². The molecule has 0 aliphatic carbocycles. The van der Waals surface area contributed by atoms with E-state index in [-0.39, 0.29) is 5.56 Å². The fourth-order valence-electron chi connectivity index (χ4n) is 4.07. The van der Waals surface area contributed by atoms with E-state index in [1.807, 2.05) is 38.1 Å². The van der Waals surface area contributed by atoms with Gasteiger partial charge in [0.2, 0.25) is 5.82 Å². The molecule has 1 N–H and O–H groups in total. The van der Waals surface area contributed by atoms with Crippen LogP contribution in [-0.2, 0) is 19.4 Å². The van der Waals surface area contributed by atoms with Gasteiger partial charge in [-0.15, -0.1) is 10.2 Å². The highest BCUT2D eigenvalue weighted by Crippen LogP contribution is 2.30. The van der Waals surface area contributed by atoms with Crippen LogP contribution in [0.25, 0.3) is 22.5 Å². The quantitative estimate of drug-likeness (QED) is 0.451. The molecule has 4 aromatic rings. The molecule has 0 bridgehead atoms. The number of aromatic nitrogens is 6. The maximum absolute atomic E-state index is 13.2. The van der Waals surface area contributed by atoms with E-state index < -0.39 is 0 Å². The minimum Gasteiger partial charge on any atom is -0.297 e. The highest BCUT2D eigenvalue weighted by molar-refractivity contribution is 5.80. The van der Waals surface area contributed by atoms with E-state index in [1.165, 1.54) is 0 Å². The molecule has 32 heavy (non-hydrogen) atoms. The lowest BCUT2D eigenvalue weighted by atomic mass is 9.96. The van der Waals surface area contributed by atoms with Crippen molar-refractivity contribution in [2.75, 3.05) is 0 Å². The molecule has 0 aliphatic heterocycles. The lowest BCUT2D eigenvalue weighted by molar-refractivity contribution is 0.644. The van der Waals surface area contributed by atoms with Crippen molar-refractivity contribution in [3.05, 3.63) is 81.5 Å². The van der Waals surface area contributed by atoms with E-state index >= 15 is 0 Å². The number of unbranched alkanes of at least 4 members (excludes halogenated alkanes) is 1. The van der Waals surface area contributed by atoms with Crippen LogP contribution in [0.2, 0.25) is 0 Å². The lowest BCUT2D eigenvalue weighted by Crippen LogP contribution is -2.28. The molecule has 7 heteroatoms. The van der Waals surface area contributed by atoms with Crippen molar-refractivity contribution in [3.63, 3.8) is 0 Å². The third-order valence-electron chi connectivity index (χ3n) is 5.78. The number of benzene rings is 2. The average Bonchev–Trinajstić information content (AvgIpc) is 3.35. The third-order valence-corrected chi connectivity index (χ3v) is 5.78. The Morgan fingerprint density at radius 2 is 1.75 bits per heavy atom. The molecule has 0 aliphatic rings. The van der Waals surface area contributed by atoms with Crippen LogP contribution in [0.4, 0.5) is 0 Å². The Balaban J connectivity index is 1.67. The number of tetrazole rings is 1. The van der Waals surface area contributed by atoms with Crippen molar-refractivity contribution in [1.29, 1.82) is 0 Å². The van der Waals surface area contributed by atoms with E-state index in [1.54, 1.807) is 4.57 Å². The molecule has 7 nitrogen and oxygen atoms in total. The summed E-state index contributed by atoms with van der Waals surface area (Å²) >= 11 is 0. The van der Waals surface area contributed by atoms with Gasteiger partial charge in [0.25, 0.3) is 5.56 Å². The van der Waals surface area contributed by atoms with Crippen molar-refractivity contribution in [2.24, 2.45) is 0 Å². The summed E-state index contributed by atoms with van der Waals surface area (Å²) < 4.78 is 1.76. The molecule has 0 amide bonds. The fourth-order valence-corrected chi connectivity index (χ4v) is 4.07. The Morgan fingerprint density at radius 1 is 1.00 bits per heavy atom. The van der Waals surface area contributed by atoms with Gasteiger partial charge in [-0.05, 0) is 48.6 Å². The molecule has 0 saturated carbocycles. The first-order valence-electron chi connectivity index (χ1n) is 11.1. The average molecular weight is 429 g/mol. The molecule has 0 saturated heterocycles. The Hall–Kier alpha value is -3.61. The largest absolute Gasteiger partial charge is 0.297 e. The van der Waals surface area contributed by atoms with Crippen LogP contribution in [0.3, 0.4) is 0 Å². The predicted octanol–water partition coefficient (Wildman–Crippen LogP) is 4.35. The molecule has 0 spiro atoms. The molecule has 2 heterocycles. The van der Waals surface area contributed by atoms with Crippen LogP contribution in [0.15, 0.2) is 53.3 Å². The summed E-state index contributed by atoms with van der Waals surface area (Å²) in [4.78, 5) is 18.0. The van der Waals surface area contributed by atoms with Crippen LogP contribution < -0.4 is 5.56 Å². The minimum atomic E-state index is 0.0811. The van der Waals surface area contributed by atoms with E-state index in [4.69, 9.17) is 4.98 Å². The van der Waals surface area contributed by atoms with Gasteiger partial charge < -0.3 is 0 Å². The number of H-pyrrole nitrogens is 1. The van der Waals surface area contributed by atoms with Gasteiger partial charge in [0.15, 0.2) is 0 Å². The summed E-state index contributed by atoms with van der Waals surface area (Å²) in [6.45, 7) is 6.69. The van der Waals surface area contributed by atoms with Crippen molar-refractivity contribution in [2.45, 2.75) is 53.0 Å². The second-order valence-corrected chi connectivity index (χ2v) is 7.89. The van der Waals surface area contributed by atoms with E-state index in [9.17, 15) is 4.79 Å². The monoisotopic (exact) mass is 428 g/mol. The van der Waals surface area contributed by atoms with E-state index in [0.717, 1.165) is 58.6 Å². The minimum absolute atomic E-state index is 0.0811. The Bertz CT molecular complexity index is 1240. The van der Waals surface area contributed by atoms with Crippen LogP contribution in [0.5, 0.6) is 0 Å². The lowest BCUT2D eigenvalue weighted by Gasteiger charge is -2.14. The van der Waals surface area contributed by atoms with E-state index in [2.05, 4.69) is 51.8 Å². The van der Waals surface area contributed by atoms with Crippen molar-refractivity contribution in [3.8, 4) is 22.5 Å². The summed E-state index contributed by atoms with van der Waals surface area (Å²) in [6.07, 6.45) is 3.52. The van der Waals surface area contributed by atoms with Gasteiger partial charge in [-0.1, -0.05) is 61.9 Å². The first-order valence-corrected chi connectivity index (χ1v) is 11.1. The molecule has 164 valence electrons. The summed E-state index contributed by atoms with van der Waals surface area (Å²) in [6, 6.07) is 16.3. The van der Waals surface area contributed by atoms with Crippen molar-refractivity contribution in [1.82, 2.24) is 30.2 Å². The number of rotatable bonds is 8. The van der Waals surface area contributed by atoms with Crippen molar-refractivity contribution >= 4 is 0 Å². The molecule has 4 rings (SSSR count). The maximum Gasteiger partial charge on any atom is 0.257 e. The molecule has 0 radical (unpaired) electrons. The van der Waals surface area contributed by atoms with Gasteiger partial charge in [-0.25, -0.2) is 4.98 Å². The smallest absolute Gasteiger partial charge is 0.257 e. The Kier molecular flexibility index (Phi) is 6.54. The first kappa shape index (κ1) is 21.6. The molecular weight excluding hydrogens is 400 g/mol. The van der Waals surface area contributed by atoms with Gasteiger partial charge in [0.05, 0.1) is 5.69 Å². The predicted molar refractivity (Wildman–Crippen MR) is 125 cm³/mol. The zero-order valence-corrected chi connectivity index (χ0v) is 18.8. The number of aromatic amines is 1. The summed E-state index contributed by atoms with van der Waals surface area (Å²) in [5.74, 6) is 1.36. The van der Waals surface area contributed by atoms with Gasteiger partial charge in [0.1, 0.15) is 5.82 Å².